The van der Waals surface area contributed by atoms with Gasteiger partial charge in [0, 0.05) is 32.1 Å². The maximum absolute atomic E-state index is 12.4. The summed E-state index contributed by atoms with van der Waals surface area (Å²) in [6.45, 7) is 1.52. The summed E-state index contributed by atoms with van der Waals surface area (Å²) in [5.41, 5.74) is 1.73. The van der Waals surface area contributed by atoms with Gasteiger partial charge in [-0.2, -0.15) is 0 Å². The normalized spacial score (nSPS) is 17.9. The fraction of sp³-hybridized carbons (Fsp3) is 0.278. The van der Waals surface area contributed by atoms with Gasteiger partial charge in [-0.3, -0.25) is 9.78 Å². The minimum atomic E-state index is -0.274. The number of morpholine rings is 1. The van der Waals surface area contributed by atoms with E-state index in [-0.39, 0.29) is 12.0 Å². The Morgan fingerprint density at radius 2 is 2.08 bits per heavy atom. The summed E-state index contributed by atoms with van der Waals surface area (Å²) < 4.78 is 5.79. The molecule has 2 heterocycles. The van der Waals surface area contributed by atoms with Gasteiger partial charge >= 0.3 is 0 Å². The molecular formula is C18H20N4O2. The molecule has 1 fully saturated rings. The monoisotopic (exact) mass is 324 g/mol. The summed E-state index contributed by atoms with van der Waals surface area (Å²) in [5, 5.41) is 3.01. The molecule has 2 aromatic rings. The Balaban J connectivity index is 1.69. The Bertz CT molecular complexity index is 718. The fourth-order valence-corrected chi connectivity index (χ4v) is 2.63. The summed E-state index contributed by atoms with van der Waals surface area (Å²) in [5.74, 6) is 0.652. The molecule has 3 rings (SSSR count). The third-order valence-corrected chi connectivity index (χ3v) is 3.86. The molecule has 0 aliphatic carbocycles. The van der Waals surface area contributed by atoms with E-state index in [1.54, 1.807) is 30.4 Å². The molecule has 1 aromatic heterocycles. The van der Waals surface area contributed by atoms with Crippen LogP contribution in [0.3, 0.4) is 0 Å². The number of carbonyl (C=O) groups excluding carboxylic acids is 1. The van der Waals surface area contributed by atoms with Crippen LogP contribution in [0.5, 0.6) is 0 Å². The first kappa shape index (κ1) is 16.1. The Morgan fingerprint density at radius 1 is 1.29 bits per heavy atom. The number of rotatable bonds is 4. The molecule has 0 spiro atoms. The van der Waals surface area contributed by atoms with Gasteiger partial charge in [-0.05, 0) is 11.6 Å². The van der Waals surface area contributed by atoms with Gasteiger partial charge in [-0.1, -0.05) is 30.3 Å². The van der Waals surface area contributed by atoms with Gasteiger partial charge in [0.1, 0.15) is 17.6 Å². The second-order valence-electron chi connectivity index (χ2n) is 5.43. The molecule has 1 aliphatic rings. The van der Waals surface area contributed by atoms with Gasteiger partial charge in [0.15, 0.2) is 0 Å². The van der Waals surface area contributed by atoms with Crippen molar-refractivity contribution in [1.29, 1.82) is 0 Å². The maximum Gasteiger partial charge on any atom is 0.246 e. The van der Waals surface area contributed by atoms with E-state index in [1.165, 1.54) is 0 Å². The van der Waals surface area contributed by atoms with Crippen molar-refractivity contribution >= 4 is 17.8 Å². The van der Waals surface area contributed by atoms with Crippen molar-refractivity contribution in [3.05, 3.63) is 60.1 Å². The predicted octanol–water partition coefficient (Wildman–Crippen LogP) is 2.13. The van der Waals surface area contributed by atoms with E-state index in [2.05, 4.69) is 15.3 Å². The summed E-state index contributed by atoms with van der Waals surface area (Å²) in [7, 11) is 1.79. The first-order valence-electron chi connectivity index (χ1n) is 7.90. The highest BCUT2D eigenvalue weighted by Gasteiger charge is 2.27. The number of nitrogens with zero attached hydrogens (tertiary/aromatic N) is 3. The van der Waals surface area contributed by atoms with Gasteiger partial charge in [-0.15, -0.1) is 0 Å². The lowest BCUT2D eigenvalue weighted by Gasteiger charge is -2.32. The van der Waals surface area contributed by atoms with Crippen molar-refractivity contribution in [3.63, 3.8) is 0 Å². The highest BCUT2D eigenvalue weighted by Crippen LogP contribution is 2.25. The van der Waals surface area contributed by atoms with Crippen LogP contribution in [0.15, 0.2) is 48.8 Å². The highest BCUT2D eigenvalue weighted by molar-refractivity contribution is 5.91. The van der Waals surface area contributed by atoms with Crippen molar-refractivity contribution in [1.82, 2.24) is 14.9 Å². The number of benzene rings is 1. The van der Waals surface area contributed by atoms with Crippen LogP contribution in [-0.2, 0) is 9.53 Å². The average Bonchev–Trinajstić information content (AvgIpc) is 2.67. The van der Waals surface area contributed by atoms with Gasteiger partial charge < -0.3 is 15.0 Å². The second-order valence-corrected chi connectivity index (χ2v) is 5.43. The van der Waals surface area contributed by atoms with Crippen molar-refractivity contribution in [2.45, 2.75) is 6.10 Å². The zero-order valence-corrected chi connectivity index (χ0v) is 13.6. The summed E-state index contributed by atoms with van der Waals surface area (Å²) in [4.78, 5) is 22.8. The molecule has 0 unspecified atom stereocenters. The van der Waals surface area contributed by atoms with Crippen LogP contribution in [0.1, 0.15) is 17.4 Å². The number of aromatic nitrogens is 2. The molecule has 6 heteroatoms. The first-order chi connectivity index (χ1) is 11.8. The third kappa shape index (κ3) is 3.78. The lowest BCUT2D eigenvalue weighted by molar-refractivity contribution is -0.133. The third-order valence-electron chi connectivity index (χ3n) is 3.86. The molecule has 124 valence electrons. The van der Waals surface area contributed by atoms with Crippen LogP contribution in [0.2, 0.25) is 0 Å². The molecule has 1 aliphatic heterocycles. The Labute approximate surface area is 141 Å². The quantitative estimate of drug-likeness (QED) is 0.873. The molecule has 1 amide bonds. The number of carbonyl (C=O) groups is 1. The fourth-order valence-electron chi connectivity index (χ4n) is 2.63. The van der Waals surface area contributed by atoms with Crippen LogP contribution in [0.25, 0.3) is 6.08 Å². The molecule has 1 aromatic carbocycles. The van der Waals surface area contributed by atoms with E-state index in [9.17, 15) is 4.79 Å². The largest absolute Gasteiger partial charge is 0.372 e. The smallest absolute Gasteiger partial charge is 0.246 e. The summed E-state index contributed by atoms with van der Waals surface area (Å²) >= 11 is 0. The van der Waals surface area contributed by atoms with Gasteiger partial charge in [0.05, 0.1) is 13.2 Å². The van der Waals surface area contributed by atoms with Crippen molar-refractivity contribution < 1.29 is 9.53 Å². The molecule has 1 atom stereocenters. The molecule has 0 saturated carbocycles. The zero-order valence-electron chi connectivity index (χ0n) is 13.6. The van der Waals surface area contributed by atoms with Gasteiger partial charge in [0.25, 0.3) is 0 Å². The number of hydrogen-bond donors (Lipinski definition) is 1. The van der Waals surface area contributed by atoms with Crippen LogP contribution in [-0.4, -0.2) is 47.5 Å². The molecule has 1 saturated heterocycles. The van der Waals surface area contributed by atoms with Crippen LogP contribution < -0.4 is 5.32 Å². The van der Waals surface area contributed by atoms with Crippen molar-refractivity contribution in [2.75, 3.05) is 32.1 Å². The topological polar surface area (TPSA) is 67.4 Å². The van der Waals surface area contributed by atoms with Gasteiger partial charge in [-0.25, -0.2) is 4.98 Å². The molecular weight excluding hydrogens is 304 g/mol. The number of hydrogen-bond acceptors (Lipinski definition) is 5. The lowest BCUT2D eigenvalue weighted by atomic mass is 10.1. The molecule has 0 bridgehead atoms. The minimum Gasteiger partial charge on any atom is -0.372 e. The van der Waals surface area contributed by atoms with E-state index in [0.29, 0.717) is 25.5 Å². The van der Waals surface area contributed by atoms with E-state index < -0.39 is 0 Å². The Morgan fingerprint density at radius 3 is 2.88 bits per heavy atom. The summed E-state index contributed by atoms with van der Waals surface area (Å²) in [6.07, 6.45) is 6.42. The maximum atomic E-state index is 12.4. The highest BCUT2D eigenvalue weighted by atomic mass is 16.5. The SMILES string of the molecule is CNc1nccnc1[C@H]1CN(C(=O)/C=C/c2ccccc2)CCO1. The van der Waals surface area contributed by atoms with E-state index in [1.807, 2.05) is 36.4 Å². The van der Waals surface area contributed by atoms with E-state index in [0.717, 1.165) is 11.3 Å². The zero-order chi connectivity index (χ0) is 16.8. The summed E-state index contributed by atoms with van der Waals surface area (Å²) in [6, 6.07) is 9.77. The van der Waals surface area contributed by atoms with Crippen LogP contribution in [0.4, 0.5) is 5.82 Å². The molecule has 6 nitrogen and oxygen atoms in total. The molecule has 0 radical (unpaired) electrons. The van der Waals surface area contributed by atoms with E-state index >= 15 is 0 Å². The van der Waals surface area contributed by atoms with Crippen LogP contribution >= 0.6 is 0 Å². The number of ether oxygens (including phenoxy) is 1. The van der Waals surface area contributed by atoms with Crippen molar-refractivity contribution in [3.8, 4) is 0 Å². The first-order valence-corrected chi connectivity index (χ1v) is 7.90. The standard InChI is InChI=1S/C18H20N4O2/c1-19-18-17(20-9-10-21-18)15-13-22(11-12-24-15)16(23)8-7-14-5-3-2-4-6-14/h2-10,15H,11-13H2,1H3,(H,19,21)/b8-7+/t15-/m1/s1. The second kappa shape index (κ2) is 7.70. The lowest BCUT2D eigenvalue weighted by Crippen LogP contribution is -2.41. The Kier molecular flexibility index (Phi) is 5.18. The molecule has 1 N–H and O–H groups in total. The number of amides is 1. The van der Waals surface area contributed by atoms with Gasteiger partial charge in [0.2, 0.25) is 5.91 Å². The van der Waals surface area contributed by atoms with E-state index in [4.69, 9.17) is 4.74 Å². The van der Waals surface area contributed by atoms with Crippen LogP contribution in [0, 0.1) is 0 Å². The predicted molar refractivity (Wildman–Crippen MR) is 92.3 cm³/mol. The van der Waals surface area contributed by atoms with Crippen molar-refractivity contribution in [2.24, 2.45) is 0 Å². The molecule has 24 heavy (non-hydrogen) atoms. The minimum absolute atomic E-state index is 0.0259. The Hall–Kier alpha value is -2.73. The number of anilines is 1. The number of nitrogens with one attached hydrogen (secondary N) is 1. The average molecular weight is 324 g/mol.